The molecule has 2 unspecified atom stereocenters. The molecule has 0 heterocycles. The molecule has 0 amide bonds. The maximum Gasteiger partial charge on any atom is 0.00362 e. The van der Waals surface area contributed by atoms with Crippen LogP contribution in [0.15, 0.2) is 0 Å². The Morgan fingerprint density at radius 1 is 0.769 bits per heavy atom. The molecule has 0 rings (SSSR count). The zero-order valence-corrected chi connectivity index (χ0v) is 9.26. The van der Waals surface area contributed by atoms with E-state index in [1.54, 1.807) is 0 Å². The minimum absolute atomic E-state index is 0.417. The smallest absolute Gasteiger partial charge is 0.00362 e. The fourth-order valence-electron chi connectivity index (χ4n) is 1.40. The van der Waals surface area contributed by atoms with Crippen LogP contribution in [0.1, 0.15) is 58.8 Å². The van der Waals surface area contributed by atoms with Crippen LogP contribution in [-0.4, -0.2) is 12.1 Å². The van der Waals surface area contributed by atoms with Crippen LogP contribution < -0.4 is 11.5 Å². The second kappa shape index (κ2) is 8.52. The van der Waals surface area contributed by atoms with Crippen molar-refractivity contribution < 1.29 is 0 Å². The van der Waals surface area contributed by atoms with Gasteiger partial charge >= 0.3 is 0 Å². The third kappa shape index (κ3) is 8.26. The molecule has 0 aliphatic heterocycles. The van der Waals surface area contributed by atoms with Gasteiger partial charge in [-0.3, -0.25) is 0 Å². The minimum atomic E-state index is 0.417. The van der Waals surface area contributed by atoms with Gasteiger partial charge in [0.25, 0.3) is 0 Å². The van der Waals surface area contributed by atoms with Gasteiger partial charge in [-0.05, 0) is 25.7 Å². The second-order valence-electron chi connectivity index (χ2n) is 3.97. The molecule has 0 saturated carbocycles. The van der Waals surface area contributed by atoms with Crippen LogP contribution in [0.5, 0.6) is 0 Å². The van der Waals surface area contributed by atoms with Gasteiger partial charge in [-0.2, -0.15) is 0 Å². The molecule has 0 aromatic heterocycles. The van der Waals surface area contributed by atoms with Crippen molar-refractivity contribution in [2.45, 2.75) is 70.9 Å². The highest BCUT2D eigenvalue weighted by atomic mass is 14.6. The first-order valence-corrected chi connectivity index (χ1v) is 5.71. The number of rotatable bonds is 8. The summed E-state index contributed by atoms with van der Waals surface area (Å²) in [5.41, 5.74) is 11.6. The largest absolute Gasteiger partial charge is 0.328 e. The van der Waals surface area contributed by atoms with E-state index in [1.807, 2.05) is 0 Å². The molecule has 0 aromatic rings. The third-order valence-electron chi connectivity index (χ3n) is 2.70. The average molecular weight is 186 g/mol. The van der Waals surface area contributed by atoms with Crippen LogP contribution in [0.25, 0.3) is 0 Å². The summed E-state index contributed by atoms with van der Waals surface area (Å²) in [6.07, 6.45) is 8.40. The van der Waals surface area contributed by atoms with E-state index in [0.29, 0.717) is 12.1 Å². The zero-order valence-electron chi connectivity index (χ0n) is 9.26. The Hall–Kier alpha value is -0.0800. The van der Waals surface area contributed by atoms with E-state index in [-0.39, 0.29) is 0 Å². The highest BCUT2D eigenvalue weighted by Crippen LogP contribution is 2.08. The van der Waals surface area contributed by atoms with Crippen molar-refractivity contribution in [3.63, 3.8) is 0 Å². The van der Waals surface area contributed by atoms with Crippen molar-refractivity contribution in [3.8, 4) is 0 Å². The molecule has 2 heteroatoms. The Labute approximate surface area is 83.1 Å². The third-order valence-corrected chi connectivity index (χ3v) is 2.70. The molecule has 0 aromatic carbocycles. The summed E-state index contributed by atoms with van der Waals surface area (Å²) < 4.78 is 0. The van der Waals surface area contributed by atoms with Crippen LogP contribution in [0.3, 0.4) is 0 Å². The van der Waals surface area contributed by atoms with Crippen LogP contribution in [0.4, 0.5) is 0 Å². The lowest BCUT2D eigenvalue weighted by atomic mass is 10.0. The molecule has 0 aliphatic rings. The first-order valence-electron chi connectivity index (χ1n) is 5.71. The normalized spacial score (nSPS) is 15.7. The van der Waals surface area contributed by atoms with Crippen LogP contribution >= 0.6 is 0 Å². The Morgan fingerprint density at radius 3 is 1.46 bits per heavy atom. The summed E-state index contributed by atoms with van der Waals surface area (Å²) in [6, 6.07) is 0.833. The lowest BCUT2D eigenvalue weighted by molar-refractivity contribution is 0.502. The fourth-order valence-corrected chi connectivity index (χ4v) is 1.40. The van der Waals surface area contributed by atoms with Crippen molar-refractivity contribution in [1.82, 2.24) is 0 Å². The quantitative estimate of drug-likeness (QED) is 0.572. The van der Waals surface area contributed by atoms with Crippen molar-refractivity contribution in [1.29, 1.82) is 0 Å². The first-order chi connectivity index (χ1) is 6.20. The van der Waals surface area contributed by atoms with E-state index in [4.69, 9.17) is 11.5 Å². The molecular weight excluding hydrogens is 160 g/mol. The summed E-state index contributed by atoms with van der Waals surface area (Å²) in [7, 11) is 0. The number of hydrogen-bond donors (Lipinski definition) is 2. The van der Waals surface area contributed by atoms with Crippen LogP contribution in [0, 0.1) is 0 Å². The summed E-state index contributed by atoms with van der Waals surface area (Å²) in [5, 5.41) is 0. The molecule has 0 radical (unpaired) electrons. The summed E-state index contributed by atoms with van der Waals surface area (Å²) in [6.45, 7) is 4.30. The molecule has 0 bridgehead atoms. The topological polar surface area (TPSA) is 52.0 Å². The van der Waals surface area contributed by atoms with Gasteiger partial charge in [0.1, 0.15) is 0 Å². The Balaban J connectivity index is 3.08. The molecule has 2 atom stereocenters. The molecular formula is C11H26N2. The maximum atomic E-state index is 5.82. The van der Waals surface area contributed by atoms with Gasteiger partial charge in [0.15, 0.2) is 0 Å². The SMILES string of the molecule is CCC(N)CCCCCC(N)CC. The van der Waals surface area contributed by atoms with E-state index in [0.717, 1.165) is 12.8 Å². The van der Waals surface area contributed by atoms with E-state index in [9.17, 15) is 0 Å². The predicted molar refractivity (Wildman–Crippen MR) is 59.6 cm³/mol. The Morgan fingerprint density at radius 2 is 1.15 bits per heavy atom. The molecule has 0 aliphatic carbocycles. The van der Waals surface area contributed by atoms with Crippen molar-refractivity contribution >= 4 is 0 Å². The average Bonchev–Trinajstić information content (AvgIpc) is 2.16. The standard InChI is InChI=1S/C11H26N2/c1-3-10(12)8-6-5-7-9-11(13)4-2/h10-11H,3-9,12-13H2,1-2H3. The van der Waals surface area contributed by atoms with Crippen molar-refractivity contribution in [3.05, 3.63) is 0 Å². The number of unbranched alkanes of at least 4 members (excludes halogenated alkanes) is 2. The second-order valence-corrected chi connectivity index (χ2v) is 3.97. The molecule has 0 spiro atoms. The highest BCUT2D eigenvalue weighted by Gasteiger charge is 2.00. The molecule has 13 heavy (non-hydrogen) atoms. The van der Waals surface area contributed by atoms with Gasteiger partial charge in [0.2, 0.25) is 0 Å². The van der Waals surface area contributed by atoms with Crippen LogP contribution in [-0.2, 0) is 0 Å². The van der Waals surface area contributed by atoms with E-state index < -0.39 is 0 Å². The molecule has 0 saturated heterocycles. The van der Waals surface area contributed by atoms with Gasteiger partial charge in [-0.1, -0.05) is 33.1 Å². The van der Waals surface area contributed by atoms with Gasteiger partial charge in [-0.15, -0.1) is 0 Å². The lowest BCUT2D eigenvalue weighted by Crippen LogP contribution is -2.19. The molecule has 80 valence electrons. The van der Waals surface area contributed by atoms with Crippen molar-refractivity contribution in [2.75, 3.05) is 0 Å². The monoisotopic (exact) mass is 186 g/mol. The van der Waals surface area contributed by atoms with Crippen molar-refractivity contribution in [2.24, 2.45) is 11.5 Å². The van der Waals surface area contributed by atoms with Gasteiger partial charge < -0.3 is 11.5 Å². The molecule has 0 fully saturated rings. The number of nitrogens with two attached hydrogens (primary N) is 2. The highest BCUT2D eigenvalue weighted by molar-refractivity contribution is 4.61. The number of hydrogen-bond acceptors (Lipinski definition) is 2. The Kier molecular flexibility index (Phi) is 8.46. The van der Waals surface area contributed by atoms with E-state index >= 15 is 0 Å². The van der Waals surface area contributed by atoms with E-state index in [2.05, 4.69) is 13.8 Å². The minimum Gasteiger partial charge on any atom is -0.328 e. The fraction of sp³-hybridized carbons (Fsp3) is 1.00. The molecule has 2 nitrogen and oxygen atoms in total. The van der Waals surface area contributed by atoms with Crippen LogP contribution in [0.2, 0.25) is 0 Å². The predicted octanol–water partition coefficient (Wildman–Crippen LogP) is 2.41. The van der Waals surface area contributed by atoms with Gasteiger partial charge in [0, 0.05) is 12.1 Å². The lowest BCUT2D eigenvalue weighted by Gasteiger charge is -2.09. The first kappa shape index (κ1) is 12.9. The van der Waals surface area contributed by atoms with Gasteiger partial charge in [0.05, 0.1) is 0 Å². The summed E-state index contributed by atoms with van der Waals surface area (Å²) >= 11 is 0. The van der Waals surface area contributed by atoms with Gasteiger partial charge in [-0.25, -0.2) is 0 Å². The summed E-state index contributed by atoms with van der Waals surface area (Å²) in [4.78, 5) is 0. The zero-order chi connectivity index (χ0) is 10.1. The maximum absolute atomic E-state index is 5.82. The summed E-state index contributed by atoms with van der Waals surface area (Å²) in [5.74, 6) is 0. The van der Waals surface area contributed by atoms with E-state index in [1.165, 1.54) is 32.1 Å². The Bertz CT molecular complexity index is 92.3. The molecule has 4 N–H and O–H groups in total.